The topological polar surface area (TPSA) is 29.1 Å². The van der Waals surface area contributed by atoms with Gasteiger partial charge in [0.25, 0.3) is 0 Å². The molecule has 0 aliphatic rings. The predicted octanol–water partition coefficient (Wildman–Crippen LogP) is 26.7. The minimum atomic E-state index is -0.284. The van der Waals surface area contributed by atoms with E-state index in [0.717, 1.165) is 0 Å². The van der Waals surface area contributed by atoms with E-state index in [1.165, 1.54) is 29.5 Å². The van der Waals surface area contributed by atoms with E-state index in [4.69, 9.17) is 0 Å². The second-order valence-corrected chi connectivity index (χ2v) is 38.4. The minimum absolute atomic E-state index is 0.102. The third kappa shape index (κ3) is 78.9. The van der Waals surface area contributed by atoms with Gasteiger partial charge in [-0.2, -0.15) is 0 Å². The Hall–Kier alpha value is -3.13. The number of nitrogens with one attached hydrogen (secondary N) is 1. The maximum atomic E-state index is 11.4. The van der Waals surface area contributed by atoms with Crippen molar-refractivity contribution in [1.29, 1.82) is 0 Å². The molecule has 0 saturated carbocycles. The highest BCUT2D eigenvalue weighted by atomic mass is 16.2. The van der Waals surface area contributed by atoms with E-state index in [1.807, 2.05) is 41.5 Å². The Morgan fingerprint density at radius 3 is 0.659 bits per heavy atom. The second-order valence-electron chi connectivity index (χ2n) is 38.4. The van der Waals surface area contributed by atoms with Crippen LogP contribution < -0.4 is 5.32 Å². The zero-order chi connectivity index (χ0) is 67.5. The summed E-state index contributed by atoms with van der Waals surface area (Å²) >= 11 is 0. The first-order chi connectivity index (χ1) is 35.3. The summed E-state index contributed by atoms with van der Waals surface area (Å²) in [5.41, 5.74) is 7.86. The van der Waals surface area contributed by atoms with Crippen molar-refractivity contribution in [1.82, 2.24) is 5.32 Å². The maximum absolute atomic E-state index is 11.4. The quantitative estimate of drug-likeness (QED) is 0.236. The summed E-state index contributed by atoms with van der Waals surface area (Å²) in [4.78, 5) is 11.4. The van der Waals surface area contributed by atoms with Crippen molar-refractivity contribution < 1.29 is 4.79 Å². The molecule has 1 amide bonds. The molecule has 0 spiro atoms. The number of hydrogen-bond acceptors (Lipinski definition) is 1. The van der Waals surface area contributed by atoms with E-state index in [0.29, 0.717) is 43.3 Å². The molecule has 1 rings (SSSR count). The summed E-state index contributed by atoms with van der Waals surface area (Å²) < 4.78 is 0. The van der Waals surface area contributed by atoms with Crippen LogP contribution in [0.15, 0.2) is 109 Å². The van der Waals surface area contributed by atoms with Crippen LogP contribution in [0, 0.1) is 59.6 Å². The number of benzene rings is 1. The van der Waals surface area contributed by atoms with Gasteiger partial charge in [-0.05, 0) is 117 Å². The van der Waals surface area contributed by atoms with Gasteiger partial charge < -0.3 is 5.32 Å². The van der Waals surface area contributed by atoms with Crippen molar-refractivity contribution in [3.8, 4) is 0 Å². The predicted molar refractivity (Wildman–Crippen MR) is 384 cm³/mol. The molecule has 0 saturated heterocycles. The molecule has 0 bridgehead atoms. The first kappa shape index (κ1) is 90.1. The van der Waals surface area contributed by atoms with Gasteiger partial charge in [0.05, 0.1) is 0 Å². The molecule has 0 aliphatic carbocycles. The molecule has 0 atom stereocenters. The first-order valence-corrected chi connectivity index (χ1v) is 31.5. The van der Waals surface area contributed by atoms with Gasteiger partial charge >= 0.3 is 0 Å². The van der Waals surface area contributed by atoms with Crippen LogP contribution in [0.3, 0.4) is 0 Å². The van der Waals surface area contributed by atoms with Gasteiger partial charge in [0, 0.05) is 11.0 Å². The van der Waals surface area contributed by atoms with Gasteiger partial charge in [0.1, 0.15) is 0 Å². The summed E-state index contributed by atoms with van der Waals surface area (Å²) in [6, 6.07) is 9.00. The van der Waals surface area contributed by atoms with Crippen LogP contribution in [0.25, 0.3) is 0 Å². The molecule has 0 aromatic heterocycles. The van der Waals surface area contributed by atoms with Crippen LogP contribution in [0.1, 0.15) is 322 Å². The van der Waals surface area contributed by atoms with Crippen LogP contribution >= 0.6 is 0 Å². The Labute approximate surface area is 519 Å². The first-order valence-electron chi connectivity index (χ1n) is 31.5. The van der Waals surface area contributed by atoms with E-state index in [2.05, 4.69) is 365 Å². The average molecular weight is 1140 g/mol. The Balaban J connectivity index is -0.000000206. The van der Waals surface area contributed by atoms with Gasteiger partial charge in [-0.1, -0.05) is 379 Å². The fraction of sp³-hybridized carbons (Fsp3) is 0.738. The Morgan fingerprint density at radius 2 is 0.537 bits per heavy atom. The van der Waals surface area contributed by atoms with Gasteiger partial charge in [-0.15, -0.1) is 0 Å². The highest BCUT2D eigenvalue weighted by molar-refractivity contribution is 5.81. The SMILES string of the molecule is C/C(=C\C(C)(C)C)C(C)(C)C.CC(C)(C)/C=C/C(C)(C)C.CC(C)(C)/C=C/C=C/C(C)(C)C.CC(C)(C)/C=C/C=C/C=C/C(C)(C)C.CC(C)(C)CCC(C)(C)C.CC(C)(C)NC(=O)C(C)(C)C.CC(C)(C)c1ccc(C(C)(C)C)cc1. The van der Waals surface area contributed by atoms with Crippen molar-refractivity contribution >= 4 is 5.91 Å². The largest absolute Gasteiger partial charge is 0.351 e. The molecule has 0 unspecified atom stereocenters. The summed E-state index contributed by atoms with van der Waals surface area (Å²) in [5.74, 6) is 0.102. The fourth-order valence-electron chi connectivity index (χ4n) is 5.62. The number of hydrogen-bond donors (Lipinski definition) is 1. The molecule has 1 N–H and O–H groups in total. The molecule has 1 aromatic carbocycles. The van der Waals surface area contributed by atoms with Crippen molar-refractivity contribution in [3.05, 3.63) is 120 Å². The van der Waals surface area contributed by atoms with Crippen LogP contribution in [0.2, 0.25) is 0 Å². The summed E-state index contributed by atoms with van der Waals surface area (Å²) in [6.45, 7) is 94.4. The molecule has 82 heavy (non-hydrogen) atoms. The molecule has 0 fully saturated rings. The van der Waals surface area contributed by atoms with Crippen molar-refractivity contribution in [2.24, 2.45) is 59.6 Å². The lowest BCUT2D eigenvalue weighted by Gasteiger charge is -2.26. The van der Waals surface area contributed by atoms with Gasteiger partial charge in [-0.25, -0.2) is 0 Å². The van der Waals surface area contributed by atoms with Crippen LogP contribution in [-0.4, -0.2) is 11.4 Å². The zero-order valence-electron chi connectivity index (χ0n) is 64.1. The Kier molecular flexibility index (Phi) is 39.7. The van der Waals surface area contributed by atoms with Crippen LogP contribution in [0.4, 0.5) is 0 Å². The minimum Gasteiger partial charge on any atom is -0.351 e. The average Bonchev–Trinajstić information content (AvgIpc) is 3.16. The lowest BCUT2D eigenvalue weighted by molar-refractivity contribution is -0.130. The fourth-order valence-corrected chi connectivity index (χ4v) is 5.62. The third-order valence-corrected chi connectivity index (χ3v) is 11.2. The van der Waals surface area contributed by atoms with Crippen molar-refractivity contribution in [3.63, 3.8) is 0 Å². The normalized spacial score (nSPS) is 14.2. The molecule has 1 aromatic rings. The number of carbonyl (C=O) groups is 1. The molecule has 0 aliphatic heterocycles. The summed E-state index contributed by atoms with van der Waals surface area (Å²) in [6.07, 6.45) is 31.0. The molecule has 2 nitrogen and oxygen atoms in total. The second kappa shape index (κ2) is 36.1. The smallest absolute Gasteiger partial charge is 0.225 e. The van der Waals surface area contributed by atoms with E-state index >= 15 is 0 Å². The molecular formula is C80H151NO. The molecule has 0 radical (unpaired) electrons. The van der Waals surface area contributed by atoms with Crippen LogP contribution in [-0.2, 0) is 15.6 Å². The standard InChI is InChI=1S/C14H22.C14H24.C12H22.C11H22.C10H22.C10H20.C9H19NO/c1-13(2,3)11-7-9-12(10-8-11)14(4,5)6;1-13(2,3)11-9-7-8-10-12-14(4,5)6;1-11(2,3)9-7-8-10-12(4,5)6;1-9(11(5,6)7)8-10(2,3)4;2*1-9(2,3)7-8-10(4,5)6;1-8(2,3)7(11)10-9(4,5)6/h7-10H,1-6H3;7-12H,1-6H3;7-10H,1-6H3;8H,1-7H3;7-8H2,1-6H3;7-8H,1-6H3;1-6H3,(H,10,11)/b;8-7+,11-9+,12-10+;9-7+,10-8+;9-8+;;8-7+;. The Bertz CT molecular complexity index is 1920. The number of allylic oxidation sites excluding steroid dienone is 14. The zero-order valence-corrected chi connectivity index (χ0v) is 64.1. The van der Waals surface area contributed by atoms with Crippen molar-refractivity contribution in [2.75, 3.05) is 0 Å². The van der Waals surface area contributed by atoms with Gasteiger partial charge in [-0.3, -0.25) is 4.79 Å². The van der Waals surface area contributed by atoms with E-state index in [-0.39, 0.29) is 38.5 Å². The monoisotopic (exact) mass is 1140 g/mol. The molecule has 2 heteroatoms. The van der Waals surface area contributed by atoms with Crippen LogP contribution in [0.5, 0.6) is 0 Å². The molecule has 0 heterocycles. The summed E-state index contributed by atoms with van der Waals surface area (Å²) in [5, 5.41) is 2.92. The van der Waals surface area contributed by atoms with E-state index in [1.54, 1.807) is 0 Å². The van der Waals surface area contributed by atoms with Gasteiger partial charge in [0.2, 0.25) is 5.91 Å². The van der Waals surface area contributed by atoms with Gasteiger partial charge in [0.15, 0.2) is 0 Å². The third-order valence-electron chi connectivity index (χ3n) is 11.2. The number of rotatable bonds is 4. The number of amides is 1. The van der Waals surface area contributed by atoms with E-state index < -0.39 is 0 Å². The molecular weight excluding hydrogens is 991 g/mol. The highest BCUT2D eigenvalue weighted by Crippen LogP contribution is 2.31. The Morgan fingerprint density at radius 1 is 0.317 bits per heavy atom. The molecule has 482 valence electrons. The lowest BCUT2D eigenvalue weighted by Crippen LogP contribution is -2.46. The van der Waals surface area contributed by atoms with E-state index in [9.17, 15) is 4.79 Å². The number of carbonyl (C=O) groups excluding carboxylic acids is 1. The van der Waals surface area contributed by atoms with Crippen molar-refractivity contribution in [2.45, 2.75) is 327 Å². The lowest BCUT2D eigenvalue weighted by atomic mass is 9.81. The summed E-state index contributed by atoms with van der Waals surface area (Å²) in [7, 11) is 0. The highest BCUT2D eigenvalue weighted by Gasteiger charge is 2.25. The maximum Gasteiger partial charge on any atom is 0.225 e.